The third-order valence-corrected chi connectivity index (χ3v) is 3.61. The smallest absolute Gasteiger partial charge is 0.0355 e. The Morgan fingerprint density at radius 1 is 1.33 bits per heavy atom. The van der Waals surface area contributed by atoms with E-state index in [1.165, 1.54) is 26.1 Å². The minimum atomic E-state index is 1.26. The van der Waals surface area contributed by atoms with Gasteiger partial charge in [0.1, 0.15) is 0 Å². The molecule has 1 aromatic carbocycles. The van der Waals surface area contributed by atoms with Gasteiger partial charge in [0, 0.05) is 15.0 Å². The lowest BCUT2D eigenvalue weighted by Crippen LogP contribution is -1.74. The third kappa shape index (κ3) is 1.75. The summed E-state index contributed by atoms with van der Waals surface area (Å²) in [5.41, 5.74) is 2.61. The monoisotopic (exact) mass is 214 g/mol. The minimum Gasteiger partial charge on any atom is -0.135 e. The van der Waals surface area contributed by atoms with Crippen molar-refractivity contribution in [2.45, 2.75) is 13.8 Å². The first-order chi connectivity index (χ1) is 7.26. The molecule has 0 N–H and O–H groups in total. The van der Waals surface area contributed by atoms with Gasteiger partial charge in [-0.25, -0.2) is 0 Å². The van der Waals surface area contributed by atoms with Gasteiger partial charge in [0.15, 0.2) is 0 Å². The Bertz CT molecular complexity index is 530. The normalized spacial score (nSPS) is 11.3. The molecule has 0 atom stereocenters. The van der Waals surface area contributed by atoms with Gasteiger partial charge >= 0.3 is 0 Å². The Balaban J connectivity index is 2.81. The minimum absolute atomic E-state index is 1.26. The predicted molar refractivity (Wildman–Crippen MR) is 71.4 cm³/mol. The number of thiophene rings is 1. The molecule has 1 aromatic heterocycles. The van der Waals surface area contributed by atoms with Crippen LogP contribution in [0, 0.1) is 6.92 Å². The highest BCUT2D eigenvalue weighted by atomic mass is 32.1. The number of benzene rings is 1. The SMILES string of the molecule is C=Cc1sc2ccc(C)cc2c1/C=C\C. The summed E-state index contributed by atoms with van der Waals surface area (Å²) in [5.74, 6) is 0. The Hall–Kier alpha value is -1.34. The molecule has 0 bridgehead atoms. The number of aryl methyl sites for hydroxylation is 1. The van der Waals surface area contributed by atoms with Crippen LogP contribution in [0.5, 0.6) is 0 Å². The predicted octanol–water partition coefficient (Wildman–Crippen LogP) is 4.89. The first-order valence-electron chi connectivity index (χ1n) is 5.04. The van der Waals surface area contributed by atoms with Gasteiger partial charge in [-0.2, -0.15) is 0 Å². The number of rotatable bonds is 2. The van der Waals surface area contributed by atoms with Crippen LogP contribution in [0.1, 0.15) is 22.9 Å². The molecule has 0 saturated heterocycles. The van der Waals surface area contributed by atoms with E-state index in [1.54, 1.807) is 11.3 Å². The van der Waals surface area contributed by atoms with Crippen molar-refractivity contribution in [3.8, 4) is 0 Å². The first kappa shape index (κ1) is 10.2. The molecule has 0 fully saturated rings. The third-order valence-electron chi connectivity index (χ3n) is 2.43. The van der Waals surface area contributed by atoms with Crippen molar-refractivity contribution >= 4 is 33.6 Å². The van der Waals surface area contributed by atoms with E-state index in [0.717, 1.165) is 0 Å². The molecule has 1 heterocycles. The van der Waals surface area contributed by atoms with Crippen molar-refractivity contribution in [1.82, 2.24) is 0 Å². The average molecular weight is 214 g/mol. The summed E-state index contributed by atoms with van der Waals surface area (Å²) >= 11 is 1.80. The van der Waals surface area contributed by atoms with Crippen molar-refractivity contribution in [3.05, 3.63) is 46.9 Å². The van der Waals surface area contributed by atoms with Gasteiger partial charge in [-0.3, -0.25) is 0 Å². The molecule has 0 aliphatic carbocycles. The molecule has 0 saturated carbocycles. The van der Waals surface area contributed by atoms with Gasteiger partial charge in [-0.15, -0.1) is 11.3 Å². The van der Waals surface area contributed by atoms with Crippen LogP contribution in [0.4, 0.5) is 0 Å². The second-order valence-corrected chi connectivity index (χ2v) is 4.67. The zero-order chi connectivity index (χ0) is 10.8. The van der Waals surface area contributed by atoms with Gasteiger partial charge in [-0.05, 0) is 31.5 Å². The molecule has 0 aliphatic rings. The lowest BCUT2D eigenvalue weighted by Gasteiger charge is -1.95. The molecule has 2 aromatic rings. The summed E-state index contributed by atoms with van der Waals surface area (Å²) in [5, 5.41) is 1.34. The van der Waals surface area contributed by atoms with Gasteiger partial charge in [0.2, 0.25) is 0 Å². The van der Waals surface area contributed by atoms with Crippen LogP contribution in [0.25, 0.3) is 22.2 Å². The number of hydrogen-bond donors (Lipinski definition) is 0. The van der Waals surface area contributed by atoms with Crippen LogP contribution < -0.4 is 0 Å². The standard InChI is InChI=1S/C14H14S/c1-4-6-11-12-9-10(3)7-8-14(12)15-13(11)5-2/h4-9H,2H2,1,3H3/b6-4-. The molecule has 15 heavy (non-hydrogen) atoms. The fourth-order valence-electron chi connectivity index (χ4n) is 1.74. The Morgan fingerprint density at radius 3 is 2.80 bits per heavy atom. The largest absolute Gasteiger partial charge is 0.135 e. The first-order valence-corrected chi connectivity index (χ1v) is 5.86. The van der Waals surface area contributed by atoms with Gasteiger partial charge < -0.3 is 0 Å². The maximum atomic E-state index is 3.87. The second-order valence-electron chi connectivity index (χ2n) is 3.58. The fourth-order valence-corrected chi connectivity index (χ4v) is 2.76. The molecule has 0 aliphatic heterocycles. The van der Waals surface area contributed by atoms with Crippen LogP contribution in [0.3, 0.4) is 0 Å². The summed E-state index contributed by atoms with van der Waals surface area (Å²) in [4.78, 5) is 1.26. The summed E-state index contributed by atoms with van der Waals surface area (Å²) < 4.78 is 1.34. The van der Waals surface area contributed by atoms with Crippen molar-refractivity contribution in [3.63, 3.8) is 0 Å². The van der Waals surface area contributed by atoms with Crippen LogP contribution in [-0.2, 0) is 0 Å². The van der Waals surface area contributed by atoms with Crippen LogP contribution >= 0.6 is 11.3 Å². The summed E-state index contributed by atoms with van der Waals surface area (Å²) in [6, 6.07) is 6.59. The number of fused-ring (bicyclic) bond motifs is 1. The quantitative estimate of drug-likeness (QED) is 0.668. The summed E-state index contributed by atoms with van der Waals surface area (Å²) in [6.07, 6.45) is 6.18. The van der Waals surface area contributed by atoms with E-state index >= 15 is 0 Å². The maximum absolute atomic E-state index is 3.87. The highest BCUT2D eigenvalue weighted by Gasteiger charge is 2.06. The Kier molecular flexibility index (Phi) is 2.74. The molecule has 0 radical (unpaired) electrons. The van der Waals surface area contributed by atoms with Crippen molar-refractivity contribution in [2.24, 2.45) is 0 Å². The average Bonchev–Trinajstić information content (AvgIpc) is 2.57. The molecule has 2 rings (SSSR count). The van der Waals surface area contributed by atoms with E-state index in [2.05, 4.69) is 43.9 Å². The fraction of sp³-hybridized carbons (Fsp3) is 0.143. The molecular formula is C14H14S. The van der Waals surface area contributed by atoms with Crippen LogP contribution in [0.2, 0.25) is 0 Å². The Morgan fingerprint density at radius 2 is 2.13 bits per heavy atom. The molecule has 0 spiro atoms. The Labute approximate surface area is 94.6 Å². The van der Waals surface area contributed by atoms with E-state index in [-0.39, 0.29) is 0 Å². The van der Waals surface area contributed by atoms with E-state index in [4.69, 9.17) is 0 Å². The molecule has 76 valence electrons. The number of hydrogen-bond acceptors (Lipinski definition) is 1. The molecular weight excluding hydrogens is 200 g/mol. The summed E-state index contributed by atoms with van der Waals surface area (Å²) in [7, 11) is 0. The van der Waals surface area contributed by atoms with Gasteiger partial charge in [0.25, 0.3) is 0 Å². The molecule has 1 heteroatoms. The number of allylic oxidation sites excluding steroid dienone is 1. The van der Waals surface area contributed by atoms with E-state index in [0.29, 0.717) is 0 Å². The van der Waals surface area contributed by atoms with Crippen molar-refractivity contribution in [2.75, 3.05) is 0 Å². The lowest BCUT2D eigenvalue weighted by atomic mass is 10.1. The highest BCUT2D eigenvalue weighted by Crippen LogP contribution is 2.33. The van der Waals surface area contributed by atoms with Crippen molar-refractivity contribution in [1.29, 1.82) is 0 Å². The molecule has 0 nitrogen and oxygen atoms in total. The lowest BCUT2D eigenvalue weighted by molar-refractivity contribution is 1.51. The van der Waals surface area contributed by atoms with Gasteiger partial charge in [-0.1, -0.05) is 36.4 Å². The van der Waals surface area contributed by atoms with Crippen LogP contribution in [-0.4, -0.2) is 0 Å². The highest BCUT2D eigenvalue weighted by molar-refractivity contribution is 7.20. The second kappa shape index (κ2) is 4.03. The zero-order valence-corrected chi connectivity index (χ0v) is 9.90. The maximum Gasteiger partial charge on any atom is 0.0355 e. The summed E-state index contributed by atoms with van der Waals surface area (Å²) in [6.45, 7) is 8.04. The van der Waals surface area contributed by atoms with E-state index in [1.807, 2.05) is 13.0 Å². The zero-order valence-electron chi connectivity index (χ0n) is 9.08. The van der Waals surface area contributed by atoms with Crippen molar-refractivity contribution < 1.29 is 0 Å². The van der Waals surface area contributed by atoms with Crippen LogP contribution in [0.15, 0.2) is 30.9 Å². The molecule has 0 unspecified atom stereocenters. The van der Waals surface area contributed by atoms with E-state index in [9.17, 15) is 0 Å². The van der Waals surface area contributed by atoms with E-state index < -0.39 is 0 Å². The van der Waals surface area contributed by atoms with Gasteiger partial charge in [0.05, 0.1) is 0 Å². The molecule has 0 amide bonds. The topological polar surface area (TPSA) is 0 Å².